The predicted molar refractivity (Wildman–Crippen MR) is 344 cm³/mol. The fourth-order valence-electron chi connectivity index (χ4n) is 16.7. The summed E-state index contributed by atoms with van der Waals surface area (Å²) in [6, 6.07) is 24.1. The van der Waals surface area contributed by atoms with E-state index in [1.54, 1.807) is 26.4 Å². The number of rotatable bonds is 8. The van der Waals surface area contributed by atoms with Gasteiger partial charge in [0.05, 0.1) is 54.8 Å². The standard InChI is InChI=1S/C37H45N3O4.C33H37N3O4.C2HF3O2/c1-37(2,3)34-30(35(41)39-25-12-13-26(39)21-38(4)20-25)18-24-17-27(44-5)14-16-28(24)33-32(22-9-7-6-8-10-22)29-15-11-23(36(42)43)19-31(29)40(33)34;1-34-18-24-9-10-25(19-34)36(24)32(37)23-14-22-15-26(40-2)11-13-27(22)31-30(20-6-4-3-5-7-20)28-12-8-21(33(38)39)16-29(28)35(31)17-23;3-2(4,5)1(6)7/h11,14-19,22,25-26,34H,6-10,12-13,20-21H2,1-5H3,(H,42,43);8,11-16,20,24-25H,3-7,9-10,17-19H2,1-2H3,(H,38,39);(H,6,7). The summed E-state index contributed by atoms with van der Waals surface area (Å²) < 4.78 is 47.7. The average molecular weight is 1250 g/mol. The highest BCUT2D eigenvalue weighted by Crippen LogP contribution is 2.54. The molecule has 0 radical (unpaired) electrons. The number of halogens is 3. The molecule has 14 rings (SSSR count). The van der Waals surface area contributed by atoms with E-state index >= 15 is 4.79 Å². The molecule has 6 aliphatic heterocycles. The molecule has 19 heteroatoms. The molecular weight excluding hydrogens is 1170 g/mol. The number of carboxylic acids is 3. The minimum atomic E-state index is -5.08. The molecule has 2 aliphatic carbocycles. The van der Waals surface area contributed by atoms with Gasteiger partial charge in [0.15, 0.2) is 0 Å². The summed E-state index contributed by atoms with van der Waals surface area (Å²) in [5.74, 6) is -2.10. The number of likely N-dealkylation sites (N-methyl/N-ethyl adjacent to an activating group) is 2. The molecule has 2 aromatic heterocycles. The molecule has 5 atom stereocenters. The number of piperazine rings is 2. The maximum absolute atomic E-state index is 15.0. The highest BCUT2D eigenvalue weighted by atomic mass is 19.4. The zero-order valence-corrected chi connectivity index (χ0v) is 53.1. The second-order valence-electron chi connectivity index (χ2n) is 27.6. The number of aromatic nitrogens is 2. The maximum Gasteiger partial charge on any atom is 0.490 e. The van der Waals surface area contributed by atoms with Gasteiger partial charge >= 0.3 is 24.1 Å². The number of carbonyl (C=O) groups is 5. The van der Waals surface area contributed by atoms with Gasteiger partial charge < -0.3 is 53.5 Å². The van der Waals surface area contributed by atoms with Crippen LogP contribution in [0.3, 0.4) is 0 Å². The van der Waals surface area contributed by atoms with Crippen LogP contribution in [0.1, 0.15) is 172 Å². The largest absolute Gasteiger partial charge is 0.497 e. The molecule has 3 N–H and O–H groups in total. The van der Waals surface area contributed by atoms with Gasteiger partial charge in [-0.1, -0.05) is 71.4 Å². The topological polar surface area (TPSA) is 187 Å². The summed E-state index contributed by atoms with van der Waals surface area (Å²) in [5.41, 5.74) is 12.5. The van der Waals surface area contributed by atoms with Gasteiger partial charge in [0.2, 0.25) is 0 Å². The Morgan fingerprint density at radius 3 is 1.41 bits per heavy atom. The predicted octanol–water partition coefficient (Wildman–Crippen LogP) is 13.8. The molecule has 482 valence electrons. The Balaban J connectivity index is 0.000000160. The molecule has 0 spiro atoms. The van der Waals surface area contributed by atoms with Crippen molar-refractivity contribution in [3.63, 3.8) is 0 Å². The van der Waals surface area contributed by atoms with Crippen molar-refractivity contribution in [2.75, 3.05) is 54.5 Å². The number of carbonyl (C=O) groups excluding carboxylic acids is 2. The van der Waals surface area contributed by atoms with Crippen LogP contribution in [0.25, 0.3) is 56.5 Å². The molecule has 6 fully saturated rings. The number of ether oxygens (including phenoxy) is 2. The van der Waals surface area contributed by atoms with Gasteiger partial charge in [-0.2, -0.15) is 13.2 Å². The fraction of sp³-hybridized carbons (Fsp3) is 0.486. The number of alkyl halides is 3. The van der Waals surface area contributed by atoms with Gasteiger partial charge in [-0.15, -0.1) is 0 Å². The first kappa shape index (κ1) is 63.3. The smallest absolute Gasteiger partial charge is 0.490 e. The Kier molecular flexibility index (Phi) is 17.3. The molecular formula is C72H83F3N6O10. The minimum Gasteiger partial charge on any atom is -0.497 e. The SMILES string of the molecule is COc1ccc2c(c1)C=C(C(=O)N1C3CCC1CN(C)C3)C(C(C)(C)C)n1c-2c(C2CCCCC2)c2ccc(C(=O)O)cc21.COc1ccc2c(c1)C=C(C(=O)N1C3CCC1CN(C)C3)Cn1c-2c(C2CCCCC2)c2ccc(C(=O)O)cc21.O=C(O)C(F)(F)F. The van der Waals surface area contributed by atoms with Crippen molar-refractivity contribution in [1.29, 1.82) is 0 Å². The molecule has 2 amide bonds. The zero-order valence-electron chi connectivity index (χ0n) is 53.1. The van der Waals surface area contributed by atoms with E-state index in [2.05, 4.69) is 94.0 Å². The van der Waals surface area contributed by atoms with Crippen molar-refractivity contribution in [2.24, 2.45) is 5.41 Å². The number of carboxylic acid groups (broad SMARTS) is 3. The van der Waals surface area contributed by atoms with Crippen molar-refractivity contribution in [1.82, 2.24) is 28.7 Å². The lowest BCUT2D eigenvalue weighted by Gasteiger charge is -2.42. The number of nitrogens with zero attached hydrogens (tertiary/aromatic N) is 6. The van der Waals surface area contributed by atoms with Crippen LogP contribution in [0, 0.1) is 5.41 Å². The Bertz CT molecular complexity index is 3910. The fourth-order valence-corrected chi connectivity index (χ4v) is 16.7. The second-order valence-corrected chi connectivity index (χ2v) is 27.6. The first-order valence-electron chi connectivity index (χ1n) is 32.4. The van der Waals surface area contributed by atoms with Crippen LogP contribution < -0.4 is 9.47 Å². The van der Waals surface area contributed by atoms with Gasteiger partial charge in [-0.05, 0) is 178 Å². The third-order valence-corrected chi connectivity index (χ3v) is 20.6. The lowest BCUT2D eigenvalue weighted by atomic mass is 9.80. The van der Waals surface area contributed by atoms with Crippen LogP contribution in [0.4, 0.5) is 13.2 Å². The lowest BCUT2D eigenvalue weighted by molar-refractivity contribution is -0.192. The minimum absolute atomic E-state index is 0.109. The Hall–Kier alpha value is -7.90. The van der Waals surface area contributed by atoms with E-state index in [1.165, 1.54) is 49.7 Å². The second kappa shape index (κ2) is 25.0. The number of fused-ring (bicyclic) bond motifs is 14. The average Bonchev–Trinajstić information content (AvgIpc) is 1.57. The van der Waals surface area contributed by atoms with Gasteiger partial charge in [-0.25, -0.2) is 14.4 Å². The third kappa shape index (κ3) is 11.9. The third-order valence-electron chi connectivity index (χ3n) is 20.6. The summed E-state index contributed by atoms with van der Waals surface area (Å²) in [6.45, 7) is 10.7. The van der Waals surface area contributed by atoms with E-state index in [4.69, 9.17) is 19.4 Å². The van der Waals surface area contributed by atoms with E-state index in [1.807, 2.05) is 42.5 Å². The number of hydrogen-bond acceptors (Lipinski definition) is 9. The monoisotopic (exact) mass is 1250 g/mol. The lowest BCUT2D eigenvalue weighted by Crippen LogP contribution is -2.55. The number of amides is 2. The first-order chi connectivity index (χ1) is 43.4. The zero-order chi connectivity index (χ0) is 64.5. The first-order valence-corrected chi connectivity index (χ1v) is 32.4. The summed E-state index contributed by atoms with van der Waals surface area (Å²) >= 11 is 0. The molecule has 6 aromatic rings. The van der Waals surface area contributed by atoms with Crippen molar-refractivity contribution >= 4 is 63.7 Å². The molecule has 4 saturated heterocycles. The van der Waals surface area contributed by atoms with Crippen molar-refractivity contribution in [3.05, 3.63) is 117 Å². The van der Waals surface area contributed by atoms with Gasteiger partial charge in [0, 0.05) is 88.9 Å². The van der Waals surface area contributed by atoms with E-state index in [0.29, 0.717) is 18.4 Å². The molecule has 4 bridgehead atoms. The van der Waals surface area contributed by atoms with Crippen LogP contribution in [-0.2, 0) is 20.9 Å². The Labute approximate surface area is 528 Å². The molecule has 8 aliphatic rings. The van der Waals surface area contributed by atoms with Crippen molar-refractivity contribution in [3.8, 4) is 34.0 Å². The number of hydrogen-bond donors (Lipinski definition) is 3. The summed E-state index contributed by atoms with van der Waals surface area (Å²) in [5, 5.41) is 29.3. The molecule has 8 heterocycles. The van der Waals surface area contributed by atoms with Crippen molar-refractivity contribution in [2.45, 2.75) is 165 Å². The molecule has 91 heavy (non-hydrogen) atoms. The van der Waals surface area contributed by atoms with E-state index in [0.717, 1.165) is 156 Å². The highest BCUT2D eigenvalue weighted by molar-refractivity contribution is 6.06. The van der Waals surface area contributed by atoms with E-state index in [-0.39, 0.29) is 58.6 Å². The summed E-state index contributed by atoms with van der Waals surface area (Å²) in [7, 11) is 7.66. The van der Waals surface area contributed by atoms with Gasteiger partial charge in [0.25, 0.3) is 11.8 Å². The summed E-state index contributed by atoms with van der Waals surface area (Å²) in [6.07, 6.45) is 15.1. The Morgan fingerprint density at radius 1 is 0.527 bits per heavy atom. The Morgan fingerprint density at radius 2 is 0.956 bits per heavy atom. The van der Waals surface area contributed by atoms with Crippen LogP contribution in [0.5, 0.6) is 11.5 Å². The van der Waals surface area contributed by atoms with Gasteiger partial charge in [-0.3, -0.25) is 9.59 Å². The maximum atomic E-state index is 15.0. The molecule has 2 saturated carbocycles. The highest BCUT2D eigenvalue weighted by Gasteiger charge is 2.48. The number of methoxy groups -OCH3 is 2. The summed E-state index contributed by atoms with van der Waals surface area (Å²) in [4.78, 5) is 71.7. The van der Waals surface area contributed by atoms with Crippen LogP contribution >= 0.6 is 0 Å². The number of likely N-dealkylation sites (tertiary alicyclic amines) is 2. The normalized spacial score (nSPS) is 22.6. The molecule has 4 aromatic carbocycles. The number of aromatic carboxylic acids is 2. The quantitative estimate of drug-likeness (QED) is 0.131. The van der Waals surface area contributed by atoms with Crippen LogP contribution in [-0.4, -0.2) is 159 Å². The van der Waals surface area contributed by atoms with E-state index in [9.17, 15) is 37.8 Å². The molecule has 5 unspecified atom stereocenters. The van der Waals surface area contributed by atoms with Crippen LogP contribution in [0.15, 0.2) is 83.9 Å². The number of benzene rings is 4. The van der Waals surface area contributed by atoms with Crippen LogP contribution in [0.2, 0.25) is 0 Å². The van der Waals surface area contributed by atoms with E-state index < -0.39 is 24.1 Å². The molecule has 16 nitrogen and oxygen atoms in total. The van der Waals surface area contributed by atoms with Gasteiger partial charge in [0.1, 0.15) is 11.5 Å². The van der Waals surface area contributed by atoms with Crippen molar-refractivity contribution < 1.29 is 61.9 Å². The number of aliphatic carboxylic acids is 1.